The summed E-state index contributed by atoms with van der Waals surface area (Å²) in [4.78, 5) is 19.2. The Bertz CT molecular complexity index is 1450. The van der Waals surface area contributed by atoms with E-state index in [-0.39, 0.29) is 10.8 Å². The van der Waals surface area contributed by atoms with E-state index in [0.29, 0.717) is 11.6 Å². The zero-order valence-electron chi connectivity index (χ0n) is 23.0. The highest BCUT2D eigenvalue weighted by Gasteiger charge is 2.17. The van der Waals surface area contributed by atoms with Gasteiger partial charge in [0.25, 0.3) is 0 Å². The van der Waals surface area contributed by atoms with Crippen molar-refractivity contribution < 1.29 is 0 Å². The molecule has 190 valence electrons. The minimum Gasteiger partial charge on any atom is -0.236 e. The average Bonchev–Trinajstić information content (AvgIpc) is 2.92. The van der Waals surface area contributed by atoms with E-state index in [1.165, 1.54) is 11.1 Å². The van der Waals surface area contributed by atoms with Crippen molar-refractivity contribution in [1.82, 2.24) is 19.9 Å². The van der Waals surface area contributed by atoms with Crippen LogP contribution in [0.3, 0.4) is 0 Å². The molecule has 0 radical (unpaired) electrons. The Balaban J connectivity index is 1.59. The molecule has 3 aromatic carbocycles. The zero-order chi connectivity index (χ0) is 26.9. The van der Waals surface area contributed by atoms with Gasteiger partial charge in [0.05, 0.1) is 17.0 Å². The molecule has 0 aliphatic heterocycles. The molecule has 5 aromatic rings. The van der Waals surface area contributed by atoms with E-state index in [4.69, 9.17) is 9.97 Å². The lowest BCUT2D eigenvalue weighted by atomic mass is 9.86. The second-order valence-electron chi connectivity index (χ2n) is 11.8. The third kappa shape index (κ3) is 5.55. The number of aromatic nitrogens is 4. The molecule has 0 spiro atoms. The van der Waals surface area contributed by atoms with Crippen LogP contribution in [0.1, 0.15) is 52.7 Å². The monoisotopic (exact) mass is 498 g/mol. The highest BCUT2D eigenvalue weighted by molar-refractivity contribution is 5.72. The zero-order valence-corrected chi connectivity index (χ0v) is 23.0. The molecule has 0 unspecified atom stereocenters. The lowest BCUT2D eigenvalue weighted by Gasteiger charge is -2.19. The smallest absolute Gasteiger partial charge is 0.163 e. The number of hydrogen-bond donors (Lipinski definition) is 0. The molecule has 38 heavy (non-hydrogen) atoms. The normalized spacial score (nSPS) is 11.9. The van der Waals surface area contributed by atoms with E-state index in [1.807, 2.05) is 42.7 Å². The lowest BCUT2D eigenvalue weighted by Crippen LogP contribution is -2.10. The summed E-state index contributed by atoms with van der Waals surface area (Å²) in [5, 5.41) is 0. The van der Waals surface area contributed by atoms with Gasteiger partial charge in [-0.1, -0.05) is 120 Å². The van der Waals surface area contributed by atoms with E-state index in [2.05, 4.69) is 106 Å². The standard InChI is InChI=1S/C34H34N4/c1-33(2,3)27-16-12-23(13-17-27)29-20-30(24-14-18-28(19-15-24)34(4,5)6)38-32(37-29)26-21-35-31(36-22-26)25-10-8-7-9-11-25/h7-22H,1-6H3. The van der Waals surface area contributed by atoms with E-state index in [1.54, 1.807) is 0 Å². The van der Waals surface area contributed by atoms with Crippen molar-refractivity contribution in [1.29, 1.82) is 0 Å². The van der Waals surface area contributed by atoms with Gasteiger partial charge in [0.1, 0.15) is 0 Å². The summed E-state index contributed by atoms with van der Waals surface area (Å²) in [5.41, 5.74) is 8.37. The minimum absolute atomic E-state index is 0.0904. The molecule has 4 nitrogen and oxygen atoms in total. The Morgan fingerprint density at radius 1 is 0.447 bits per heavy atom. The van der Waals surface area contributed by atoms with E-state index >= 15 is 0 Å². The molecule has 0 saturated heterocycles. The van der Waals surface area contributed by atoms with Crippen molar-refractivity contribution >= 4 is 0 Å². The Labute approximate surface area is 225 Å². The van der Waals surface area contributed by atoms with Crippen LogP contribution in [0.15, 0.2) is 97.3 Å². The minimum atomic E-state index is 0.0904. The van der Waals surface area contributed by atoms with Gasteiger partial charge in [-0.3, -0.25) is 0 Å². The lowest BCUT2D eigenvalue weighted by molar-refractivity contribution is 0.590. The molecular weight excluding hydrogens is 464 g/mol. The maximum atomic E-state index is 4.96. The topological polar surface area (TPSA) is 51.6 Å². The first-order valence-electron chi connectivity index (χ1n) is 13.1. The predicted molar refractivity (Wildman–Crippen MR) is 157 cm³/mol. The van der Waals surface area contributed by atoms with Crippen LogP contribution in [0, 0.1) is 0 Å². The number of hydrogen-bond acceptors (Lipinski definition) is 4. The molecule has 0 amide bonds. The Kier molecular flexibility index (Phi) is 6.66. The van der Waals surface area contributed by atoms with Gasteiger partial charge in [0.2, 0.25) is 0 Å². The van der Waals surface area contributed by atoms with E-state index in [9.17, 15) is 0 Å². The Morgan fingerprint density at radius 3 is 1.32 bits per heavy atom. The first kappa shape index (κ1) is 25.5. The summed E-state index contributed by atoms with van der Waals surface area (Å²) >= 11 is 0. The molecule has 0 aliphatic rings. The highest BCUT2D eigenvalue weighted by atomic mass is 14.9. The first-order valence-corrected chi connectivity index (χ1v) is 13.1. The van der Waals surface area contributed by atoms with Gasteiger partial charge in [-0.2, -0.15) is 0 Å². The van der Waals surface area contributed by atoms with Crippen LogP contribution in [0.2, 0.25) is 0 Å². The molecule has 4 heteroatoms. The van der Waals surface area contributed by atoms with Crippen molar-refractivity contribution in [2.24, 2.45) is 0 Å². The van der Waals surface area contributed by atoms with Crippen LogP contribution in [-0.4, -0.2) is 19.9 Å². The van der Waals surface area contributed by atoms with Gasteiger partial charge in [-0.15, -0.1) is 0 Å². The van der Waals surface area contributed by atoms with E-state index < -0.39 is 0 Å². The third-order valence-corrected chi connectivity index (χ3v) is 6.76. The molecule has 2 heterocycles. The van der Waals surface area contributed by atoms with Gasteiger partial charge in [0, 0.05) is 29.1 Å². The predicted octanol–water partition coefficient (Wildman–Crippen LogP) is 8.53. The van der Waals surface area contributed by atoms with Crippen LogP contribution in [0.5, 0.6) is 0 Å². The van der Waals surface area contributed by atoms with Crippen LogP contribution >= 0.6 is 0 Å². The maximum Gasteiger partial charge on any atom is 0.163 e. The van der Waals surface area contributed by atoms with Gasteiger partial charge < -0.3 is 0 Å². The molecule has 0 aliphatic carbocycles. The van der Waals surface area contributed by atoms with Crippen LogP contribution in [-0.2, 0) is 10.8 Å². The van der Waals surface area contributed by atoms with E-state index in [0.717, 1.165) is 33.6 Å². The first-order chi connectivity index (χ1) is 18.1. The molecule has 0 bridgehead atoms. The SMILES string of the molecule is CC(C)(C)c1ccc(-c2cc(-c3ccc(C(C)(C)C)cc3)nc(-c3cnc(-c4ccccc4)nc3)n2)cc1. The van der Waals surface area contributed by atoms with Gasteiger partial charge in [-0.05, 0) is 28.0 Å². The summed E-state index contributed by atoms with van der Waals surface area (Å²) in [6, 6.07) is 29.4. The summed E-state index contributed by atoms with van der Waals surface area (Å²) in [7, 11) is 0. The van der Waals surface area contributed by atoms with Gasteiger partial charge >= 0.3 is 0 Å². The fraction of sp³-hybridized carbons (Fsp3) is 0.235. The Morgan fingerprint density at radius 2 is 0.895 bits per heavy atom. The molecule has 0 saturated carbocycles. The number of rotatable bonds is 4. The molecule has 0 fully saturated rings. The summed E-state index contributed by atoms with van der Waals surface area (Å²) in [6.07, 6.45) is 3.62. The molecule has 5 rings (SSSR count). The third-order valence-electron chi connectivity index (χ3n) is 6.76. The number of benzene rings is 3. The van der Waals surface area contributed by atoms with Crippen LogP contribution in [0.25, 0.3) is 45.3 Å². The van der Waals surface area contributed by atoms with Crippen molar-refractivity contribution in [2.45, 2.75) is 52.4 Å². The molecule has 2 aromatic heterocycles. The van der Waals surface area contributed by atoms with Crippen LogP contribution in [0.4, 0.5) is 0 Å². The van der Waals surface area contributed by atoms with Crippen molar-refractivity contribution in [2.75, 3.05) is 0 Å². The Hall–Kier alpha value is -4.18. The maximum absolute atomic E-state index is 4.96. The fourth-order valence-electron chi connectivity index (χ4n) is 4.33. The van der Waals surface area contributed by atoms with Gasteiger partial charge in [-0.25, -0.2) is 19.9 Å². The molecule has 0 atom stereocenters. The summed E-state index contributed by atoms with van der Waals surface area (Å²) in [5.74, 6) is 1.29. The average molecular weight is 499 g/mol. The van der Waals surface area contributed by atoms with Crippen molar-refractivity contribution in [3.63, 3.8) is 0 Å². The molecule has 0 N–H and O–H groups in total. The van der Waals surface area contributed by atoms with Crippen LogP contribution < -0.4 is 0 Å². The summed E-state index contributed by atoms with van der Waals surface area (Å²) in [6.45, 7) is 13.4. The van der Waals surface area contributed by atoms with Crippen molar-refractivity contribution in [3.05, 3.63) is 108 Å². The second-order valence-corrected chi connectivity index (χ2v) is 11.8. The van der Waals surface area contributed by atoms with Crippen molar-refractivity contribution in [3.8, 4) is 45.3 Å². The quantitative estimate of drug-likeness (QED) is 0.249. The largest absolute Gasteiger partial charge is 0.236 e. The second kappa shape index (κ2) is 9.94. The number of nitrogens with zero attached hydrogens (tertiary/aromatic N) is 4. The summed E-state index contributed by atoms with van der Waals surface area (Å²) < 4.78 is 0. The van der Waals surface area contributed by atoms with Gasteiger partial charge in [0.15, 0.2) is 11.6 Å². The highest BCUT2D eigenvalue weighted by Crippen LogP contribution is 2.31. The fourth-order valence-corrected chi connectivity index (χ4v) is 4.33. The molecular formula is C34H34N4.